The lowest BCUT2D eigenvalue weighted by Gasteiger charge is -2.28. The summed E-state index contributed by atoms with van der Waals surface area (Å²) in [7, 11) is 0. The van der Waals surface area contributed by atoms with E-state index in [2.05, 4.69) is 30.9 Å². The second-order valence-corrected chi connectivity index (χ2v) is 7.16. The zero-order valence-corrected chi connectivity index (χ0v) is 15.7. The summed E-state index contributed by atoms with van der Waals surface area (Å²) in [4.78, 5) is 11.9. The molecule has 0 unspecified atom stereocenters. The number of halogens is 2. The highest BCUT2D eigenvalue weighted by atomic mass is 35.5. The smallest absolute Gasteiger partial charge is 0.202 e. The van der Waals surface area contributed by atoms with Crippen molar-refractivity contribution in [3.05, 3.63) is 46.1 Å². The number of aromatic nitrogens is 3. The van der Waals surface area contributed by atoms with E-state index in [-0.39, 0.29) is 6.04 Å². The van der Waals surface area contributed by atoms with Crippen molar-refractivity contribution >= 4 is 46.0 Å². The van der Waals surface area contributed by atoms with Gasteiger partial charge < -0.3 is 20.9 Å². The Hall–Kier alpha value is -2.02. The molecule has 4 N–H and O–H groups in total. The van der Waals surface area contributed by atoms with Crippen molar-refractivity contribution in [2.24, 2.45) is 0 Å². The number of rotatable bonds is 6. The molecule has 8 heteroatoms. The summed E-state index contributed by atoms with van der Waals surface area (Å²) in [6, 6.07) is 7.89. The number of fused-ring (bicyclic) bond motifs is 2. The normalized spacial score (nSPS) is 16.3. The molecule has 0 bridgehead atoms. The number of aromatic amines is 1. The van der Waals surface area contributed by atoms with Crippen LogP contribution in [0.3, 0.4) is 0 Å². The topological polar surface area (TPSA) is 77.7 Å². The molecule has 0 amide bonds. The van der Waals surface area contributed by atoms with E-state index in [0.717, 1.165) is 60.8 Å². The van der Waals surface area contributed by atoms with Crippen LogP contribution in [-0.2, 0) is 0 Å². The number of nitrogens with zero attached hydrogens (tertiary/aromatic N) is 2. The Bertz CT molecular complexity index is 877. The van der Waals surface area contributed by atoms with E-state index in [4.69, 9.17) is 23.2 Å². The Kier molecular flexibility index (Phi) is 5.15. The Morgan fingerprint density at radius 1 is 1.23 bits per heavy atom. The summed E-state index contributed by atoms with van der Waals surface area (Å²) in [5.74, 6) is 0.754. The highest BCUT2D eigenvalue weighted by Gasteiger charge is 2.22. The van der Waals surface area contributed by atoms with Gasteiger partial charge >= 0.3 is 0 Å². The van der Waals surface area contributed by atoms with Gasteiger partial charge in [0.1, 0.15) is 0 Å². The Morgan fingerprint density at radius 3 is 3.04 bits per heavy atom. The largest absolute Gasteiger partial charge is 0.383 e. The molecule has 3 aromatic rings. The van der Waals surface area contributed by atoms with Crippen molar-refractivity contribution in [3.8, 4) is 0 Å². The maximum atomic E-state index is 6.30. The zero-order valence-electron chi connectivity index (χ0n) is 14.1. The Balaban J connectivity index is 1.29. The van der Waals surface area contributed by atoms with Crippen molar-refractivity contribution in [2.45, 2.75) is 18.9 Å². The van der Waals surface area contributed by atoms with E-state index >= 15 is 0 Å². The molecule has 136 valence electrons. The van der Waals surface area contributed by atoms with E-state index in [1.165, 1.54) is 0 Å². The lowest BCUT2D eigenvalue weighted by Crippen LogP contribution is -2.29. The maximum Gasteiger partial charge on any atom is 0.202 e. The predicted octanol–water partition coefficient (Wildman–Crippen LogP) is 4.21. The first kappa shape index (κ1) is 17.4. The minimum atomic E-state index is 0.262. The number of H-pyrrole nitrogens is 1. The summed E-state index contributed by atoms with van der Waals surface area (Å²) in [6.45, 7) is 2.61. The van der Waals surface area contributed by atoms with Crippen LogP contribution in [0.5, 0.6) is 0 Å². The van der Waals surface area contributed by atoms with Crippen LogP contribution < -0.4 is 16.0 Å². The van der Waals surface area contributed by atoms with Gasteiger partial charge in [-0.1, -0.05) is 23.2 Å². The number of hydrogen-bond acceptors (Lipinski definition) is 5. The lowest BCUT2D eigenvalue weighted by atomic mass is 9.97. The molecule has 1 aliphatic rings. The molecule has 4 rings (SSSR count). The molecule has 0 aliphatic carbocycles. The molecule has 1 aromatic carbocycles. The standard InChI is InChI=1S/C18H20Cl2N6/c19-11-9-12-14(4-8-22-16(12)13(20)10-11)21-6-2-7-24-18-25-15-3-1-5-23-17(15)26-18/h1,3,5,9-10,14,21-22H,2,4,6-8H2,(H2,23,24,25,26)/t14-/m1/s1. The van der Waals surface area contributed by atoms with Crippen molar-refractivity contribution in [3.63, 3.8) is 0 Å². The summed E-state index contributed by atoms with van der Waals surface area (Å²) in [5, 5.41) is 11.6. The SMILES string of the molecule is Clc1cc(Cl)c2c(c1)[C@H](NCCCNc1nc3ncccc3[nH]1)CCN2. The second-order valence-electron chi connectivity index (χ2n) is 6.31. The highest BCUT2D eigenvalue weighted by Crippen LogP contribution is 2.37. The van der Waals surface area contributed by atoms with Gasteiger partial charge in [0.05, 0.1) is 16.2 Å². The van der Waals surface area contributed by atoms with E-state index < -0.39 is 0 Å². The highest BCUT2D eigenvalue weighted by molar-refractivity contribution is 6.36. The number of hydrogen-bond donors (Lipinski definition) is 4. The molecule has 0 saturated carbocycles. The fourth-order valence-electron chi connectivity index (χ4n) is 3.26. The molecule has 6 nitrogen and oxygen atoms in total. The van der Waals surface area contributed by atoms with Gasteiger partial charge in [-0.15, -0.1) is 0 Å². The third kappa shape index (κ3) is 3.72. The number of pyridine rings is 1. The summed E-state index contributed by atoms with van der Waals surface area (Å²) < 4.78 is 0. The molecule has 0 fully saturated rings. The average molecular weight is 391 g/mol. The van der Waals surface area contributed by atoms with Gasteiger partial charge in [-0.25, -0.2) is 4.98 Å². The van der Waals surface area contributed by atoms with Crippen LogP contribution in [0.2, 0.25) is 10.0 Å². The maximum absolute atomic E-state index is 6.30. The average Bonchev–Trinajstić information content (AvgIpc) is 3.04. The monoisotopic (exact) mass is 390 g/mol. The third-order valence-corrected chi connectivity index (χ3v) is 5.01. The predicted molar refractivity (Wildman–Crippen MR) is 107 cm³/mol. The van der Waals surface area contributed by atoms with Gasteiger partial charge in [0, 0.05) is 30.4 Å². The van der Waals surface area contributed by atoms with Gasteiger partial charge in [-0.3, -0.25) is 0 Å². The van der Waals surface area contributed by atoms with Crippen molar-refractivity contribution in [2.75, 3.05) is 30.3 Å². The van der Waals surface area contributed by atoms with Crippen LogP contribution in [0.15, 0.2) is 30.5 Å². The summed E-state index contributed by atoms with van der Waals surface area (Å²) >= 11 is 12.5. The Labute approximate surface area is 161 Å². The minimum absolute atomic E-state index is 0.262. The van der Waals surface area contributed by atoms with Crippen molar-refractivity contribution in [1.29, 1.82) is 0 Å². The second kappa shape index (κ2) is 7.70. The van der Waals surface area contributed by atoms with Gasteiger partial charge in [-0.05, 0) is 49.2 Å². The quantitative estimate of drug-likeness (QED) is 0.474. The van der Waals surface area contributed by atoms with E-state index in [9.17, 15) is 0 Å². The molecule has 0 spiro atoms. The first-order chi connectivity index (χ1) is 12.7. The van der Waals surface area contributed by atoms with E-state index in [1.807, 2.05) is 18.2 Å². The number of anilines is 2. The molecule has 2 aromatic heterocycles. The van der Waals surface area contributed by atoms with Crippen LogP contribution in [-0.4, -0.2) is 34.6 Å². The zero-order chi connectivity index (χ0) is 17.9. The van der Waals surface area contributed by atoms with Gasteiger partial charge in [0.15, 0.2) is 5.65 Å². The molecular formula is C18H20Cl2N6. The number of benzene rings is 1. The van der Waals surface area contributed by atoms with Gasteiger partial charge in [0.2, 0.25) is 5.95 Å². The lowest BCUT2D eigenvalue weighted by molar-refractivity contribution is 0.498. The van der Waals surface area contributed by atoms with Crippen LogP contribution >= 0.6 is 23.2 Å². The fourth-order valence-corrected chi connectivity index (χ4v) is 3.84. The first-order valence-corrected chi connectivity index (χ1v) is 9.47. The third-order valence-electron chi connectivity index (χ3n) is 4.49. The minimum Gasteiger partial charge on any atom is -0.383 e. The number of nitrogens with one attached hydrogen (secondary N) is 4. The van der Waals surface area contributed by atoms with Crippen LogP contribution in [0, 0.1) is 0 Å². The molecule has 1 aliphatic heterocycles. The number of imidazole rings is 1. The van der Waals surface area contributed by atoms with Crippen LogP contribution in [0.25, 0.3) is 11.2 Å². The fraction of sp³-hybridized carbons (Fsp3) is 0.333. The van der Waals surface area contributed by atoms with Crippen LogP contribution in [0.1, 0.15) is 24.4 Å². The van der Waals surface area contributed by atoms with Gasteiger partial charge in [-0.2, -0.15) is 4.98 Å². The molecule has 0 saturated heterocycles. The molecule has 0 radical (unpaired) electrons. The van der Waals surface area contributed by atoms with Gasteiger partial charge in [0.25, 0.3) is 0 Å². The van der Waals surface area contributed by atoms with Crippen LogP contribution in [0.4, 0.5) is 11.6 Å². The molecular weight excluding hydrogens is 371 g/mol. The van der Waals surface area contributed by atoms with Crippen molar-refractivity contribution in [1.82, 2.24) is 20.3 Å². The molecule has 26 heavy (non-hydrogen) atoms. The van der Waals surface area contributed by atoms with E-state index in [1.54, 1.807) is 12.3 Å². The first-order valence-electron chi connectivity index (χ1n) is 8.71. The van der Waals surface area contributed by atoms with E-state index in [0.29, 0.717) is 10.0 Å². The molecule has 3 heterocycles. The Morgan fingerprint density at radius 2 is 2.15 bits per heavy atom. The summed E-state index contributed by atoms with van der Waals surface area (Å²) in [5.41, 5.74) is 3.80. The molecule has 1 atom stereocenters. The van der Waals surface area contributed by atoms with Crippen molar-refractivity contribution < 1.29 is 0 Å². The summed E-state index contributed by atoms with van der Waals surface area (Å²) in [6.07, 6.45) is 3.72.